The molecule has 1 aliphatic carbocycles. The molecule has 0 amide bonds. The molecule has 2 nitrogen and oxygen atoms in total. The zero-order valence-electron chi connectivity index (χ0n) is 11.1. The quantitative estimate of drug-likeness (QED) is 0.882. The second-order valence-electron chi connectivity index (χ2n) is 5.22. The van der Waals surface area contributed by atoms with Crippen molar-refractivity contribution >= 4 is 0 Å². The highest BCUT2D eigenvalue weighted by molar-refractivity contribution is 5.31. The average Bonchev–Trinajstić information content (AvgIpc) is 2.87. The third kappa shape index (κ3) is 2.24. The van der Waals surface area contributed by atoms with Crippen molar-refractivity contribution in [3.8, 4) is 5.75 Å². The van der Waals surface area contributed by atoms with Crippen LogP contribution in [0.25, 0.3) is 0 Å². The van der Waals surface area contributed by atoms with Crippen molar-refractivity contribution < 1.29 is 14.2 Å². The van der Waals surface area contributed by atoms with Gasteiger partial charge in [-0.1, -0.05) is 25.8 Å². The zero-order valence-corrected chi connectivity index (χ0v) is 11.1. The Bertz CT molecular complexity index is 411. The molecule has 3 heteroatoms. The summed E-state index contributed by atoms with van der Waals surface area (Å²) >= 11 is 0. The van der Waals surface area contributed by atoms with Crippen LogP contribution in [-0.2, 0) is 0 Å². The van der Waals surface area contributed by atoms with Gasteiger partial charge in [0.05, 0.1) is 13.2 Å². The molecular formula is C15H21FO2. The van der Waals surface area contributed by atoms with Crippen LogP contribution < -0.4 is 4.74 Å². The second-order valence-corrected chi connectivity index (χ2v) is 5.22. The topological polar surface area (TPSA) is 29.5 Å². The van der Waals surface area contributed by atoms with Crippen molar-refractivity contribution in [1.29, 1.82) is 0 Å². The van der Waals surface area contributed by atoms with Crippen LogP contribution >= 0.6 is 0 Å². The number of ether oxygens (including phenoxy) is 1. The summed E-state index contributed by atoms with van der Waals surface area (Å²) in [6.45, 7) is 2.11. The first kappa shape index (κ1) is 13.3. The minimum Gasteiger partial charge on any atom is -0.494 e. The first-order chi connectivity index (χ1) is 8.63. The predicted octanol–water partition coefficient (Wildman–Crippen LogP) is 3.84. The molecule has 0 radical (unpaired) electrons. The lowest BCUT2D eigenvalue weighted by atomic mass is 9.75. The Morgan fingerprint density at radius 3 is 2.56 bits per heavy atom. The van der Waals surface area contributed by atoms with Crippen molar-refractivity contribution in [2.24, 2.45) is 5.41 Å². The molecule has 1 saturated carbocycles. The zero-order chi connectivity index (χ0) is 13.2. The minimum atomic E-state index is -0.578. The Balaban J connectivity index is 2.27. The summed E-state index contributed by atoms with van der Waals surface area (Å²) in [5.74, 6) is -0.179. The van der Waals surface area contributed by atoms with Gasteiger partial charge in [0.15, 0.2) is 11.6 Å². The van der Waals surface area contributed by atoms with Gasteiger partial charge >= 0.3 is 0 Å². The van der Waals surface area contributed by atoms with E-state index >= 15 is 0 Å². The first-order valence-electron chi connectivity index (χ1n) is 6.64. The summed E-state index contributed by atoms with van der Waals surface area (Å²) in [5, 5.41) is 10.6. The molecule has 100 valence electrons. The van der Waals surface area contributed by atoms with Crippen LogP contribution in [-0.4, -0.2) is 12.2 Å². The predicted molar refractivity (Wildman–Crippen MR) is 69.1 cm³/mol. The third-order valence-electron chi connectivity index (χ3n) is 4.38. The van der Waals surface area contributed by atoms with E-state index in [0.29, 0.717) is 5.56 Å². The van der Waals surface area contributed by atoms with Gasteiger partial charge in [0.25, 0.3) is 0 Å². The van der Waals surface area contributed by atoms with Gasteiger partial charge in [-0.05, 0) is 37.0 Å². The molecular weight excluding hydrogens is 231 g/mol. The van der Waals surface area contributed by atoms with E-state index < -0.39 is 11.9 Å². The molecule has 0 bridgehead atoms. The highest BCUT2D eigenvalue weighted by Gasteiger charge is 2.39. The molecule has 0 aliphatic heterocycles. The smallest absolute Gasteiger partial charge is 0.165 e. The molecule has 1 fully saturated rings. The van der Waals surface area contributed by atoms with Gasteiger partial charge in [0, 0.05) is 5.41 Å². The lowest BCUT2D eigenvalue weighted by molar-refractivity contribution is 0.0235. The summed E-state index contributed by atoms with van der Waals surface area (Å²) in [5.41, 5.74) is 0.596. The largest absolute Gasteiger partial charge is 0.494 e. The van der Waals surface area contributed by atoms with Crippen molar-refractivity contribution in [2.75, 3.05) is 7.11 Å². The number of aliphatic hydroxyl groups is 1. The van der Waals surface area contributed by atoms with E-state index in [1.807, 2.05) is 0 Å². The van der Waals surface area contributed by atoms with Crippen LogP contribution in [0.2, 0.25) is 0 Å². The normalized spacial score (nSPS) is 19.8. The van der Waals surface area contributed by atoms with Gasteiger partial charge in [0.2, 0.25) is 0 Å². The van der Waals surface area contributed by atoms with Gasteiger partial charge in [-0.2, -0.15) is 0 Å². The summed E-state index contributed by atoms with van der Waals surface area (Å²) in [7, 11) is 1.44. The summed E-state index contributed by atoms with van der Waals surface area (Å²) < 4.78 is 18.6. The van der Waals surface area contributed by atoms with E-state index in [2.05, 4.69) is 6.92 Å². The average molecular weight is 252 g/mol. The second kappa shape index (κ2) is 5.27. The van der Waals surface area contributed by atoms with E-state index in [9.17, 15) is 9.50 Å². The highest BCUT2D eigenvalue weighted by atomic mass is 19.1. The van der Waals surface area contributed by atoms with Crippen molar-refractivity contribution in [3.63, 3.8) is 0 Å². The van der Waals surface area contributed by atoms with E-state index in [1.165, 1.54) is 13.2 Å². The molecule has 0 heterocycles. The molecule has 1 unspecified atom stereocenters. The van der Waals surface area contributed by atoms with Gasteiger partial charge in [0.1, 0.15) is 0 Å². The van der Waals surface area contributed by atoms with Crippen molar-refractivity contribution in [2.45, 2.75) is 45.1 Å². The standard InChI is InChI=1S/C15H21FO2/c1-3-15(8-4-5-9-15)14(17)11-6-7-13(18-2)12(16)10-11/h6-7,10,14,17H,3-5,8-9H2,1-2H3. The number of rotatable bonds is 4. The SMILES string of the molecule is CCC1(C(O)c2ccc(OC)c(F)c2)CCCC1. The number of benzene rings is 1. The molecule has 1 aliphatic rings. The van der Waals surface area contributed by atoms with E-state index in [4.69, 9.17) is 4.74 Å². The molecule has 1 aromatic carbocycles. The summed E-state index contributed by atoms with van der Waals surface area (Å²) in [6, 6.07) is 4.76. The Hall–Kier alpha value is -1.09. The lowest BCUT2D eigenvalue weighted by Gasteiger charge is -2.33. The van der Waals surface area contributed by atoms with Crippen LogP contribution in [0.1, 0.15) is 50.7 Å². The Kier molecular flexibility index (Phi) is 3.91. The van der Waals surface area contributed by atoms with Gasteiger partial charge in [-0.25, -0.2) is 4.39 Å². The van der Waals surface area contributed by atoms with Gasteiger partial charge in [-0.15, -0.1) is 0 Å². The number of hydrogen-bond donors (Lipinski definition) is 1. The van der Waals surface area contributed by atoms with Gasteiger partial charge in [-0.3, -0.25) is 0 Å². The Morgan fingerprint density at radius 1 is 1.39 bits per heavy atom. The molecule has 1 aromatic rings. The maximum Gasteiger partial charge on any atom is 0.165 e. The van der Waals surface area contributed by atoms with E-state index in [-0.39, 0.29) is 11.2 Å². The van der Waals surface area contributed by atoms with Crippen LogP contribution in [0.4, 0.5) is 4.39 Å². The lowest BCUT2D eigenvalue weighted by Crippen LogP contribution is -2.25. The number of methoxy groups -OCH3 is 1. The van der Waals surface area contributed by atoms with Crippen molar-refractivity contribution in [3.05, 3.63) is 29.6 Å². The third-order valence-corrected chi connectivity index (χ3v) is 4.38. The Morgan fingerprint density at radius 2 is 2.06 bits per heavy atom. The maximum atomic E-state index is 13.7. The molecule has 1 atom stereocenters. The fourth-order valence-corrected chi connectivity index (χ4v) is 3.11. The fourth-order valence-electron chi connectivity index (χ4n) is 3.11. The minimum absolute atomic E-state index is 0.0684. The number of hydrogen-bond acceptors (Lipinski definition) is 2. The summed E-state index contributed by atoms with van der Waals surface area (Å²) in [4.78, 5) is 0. The van der Waals surface area contributed by atoms with E-state index in [1.54, 1.807) is 12.1 Å². The van der Waals surface area contributed by atoms with Gasteiger partial charge < -0.3 is 9.84 Å². The molecule has 0 spiro atoms. The molecule has 1 N–H and O–H groups in total. The van der Waals surface area contributed by atoms with Crippen LogP contribution in [0.15, 0.2) is 18.2 Å². The molecule has 2 rings (SSSR count). The monoisotopic (exact) mass is 252 g/mol. The number of halogens is 1. The summed E-state index contributed by atoms with van der Waals surface area (Å²) in [6.07, 6.45) is 4.72. The molecule has 0 aromatic heterocycles. The van der Waals surface area contributed by atoms with Crippen LogP contribution in [0.5, 0.6) is 5.75 Å². The van der Waals surface area contributed by atoms with Crippen molar-refractivity contribution in [1.82, 2.24) is 0 Å². The van der Waals surface area contributed by atoms with Crippen LogP contribution in [0.3, 0.4) is 0 Å². The van der Waals surface area contributed by atoms with Crippen LogP contribution in [0, 0.1) is 11.2 Å². The number of aliphatic hydroxyl groups excluding tert-OH is 1. The maximum absolute atomic E-state index is 13.7. The molecule has 0 saturated heterocycles. The Labute approximate surface area is 108 Å². The highest BCUT2D eigenvalue weighted by Crippen LogP contribution is 2.50. The fraction of sp³-hybridized carbons (Fsp3) is 0.600. The van der Waals surface area contributed by atoms with E-state index in [0.717, 1.165) is 32.1 Å². The molecule has 18 heavy (non-hydrogen) atoms. The first-order valence-corrected chi connectivity index (χ1v) is 6.64.